The molecule has 0 saturated carbocycles. The van der Waals surface area contributed by atoms with Crippen molar-refractivity contribution in [2.24, 2.45) is 0 Å². The van der Waals surface area contributed by atoms with Crippen LogP contribution in [0.25, 0.3) is 0 Å². The third-order valence-electron chi connectivity index (χ3n) is 2.43. The normalized spacial score (nSPS) is 21.7. The van der Waals surface area contributed by atoms with Gasteiger partial charge >= 0.3 is 0 Å². The first-order chi connectivity index (χ1) is 7.84. The van der Waals surface area contributed by atoms with Gasteiger partial charge in [-0.05, 0) is 12.1 Å². The number of hydrogen-bond donors (Lipinski definition) is 0. The summed E-state index contributed by atoms with van der Waals surface area (Å²) in [6.45, 7) is 2.33. The van der Waals surface area contributed by atoms with Crippen LogP contribution in [0.15, 0.2) is 12.1 Å². The Morgan fingerprint density at radius 1 is 1.31 bits per heavy atom. The SMILES string of the molecule is Clc1ccc2c(c1OCC1CO1)OCCO2. The maximum Gasteiger partial charge on any atom is 0.205 e. The molecule has 86 valence electrons. The van der Waals surface area contributed by atoms with E-state index in [1.54, 1.807) is 12.1 Å². The molecule has 0 spiro atoms. The van der Waals surface area contributed by atoms with Crippen molar-refractivity contribution in [2.75, 3.05) is 26.4 Å². The van der Waals surface area contributed by atoms with E-state index in [2.05, 4.69) is 0 Å². The molecule has 0 aromatic heterocycles. The first kappa shape index (κ1) is 10.1. The van der Waals surface area contributed by atoms with E-state index in [4.69, 9.17) is 30.5 Å². The number of rotatable bonds is 3. The molecule has 0 N–H and O–H groups in total. The summed E-state index contributed by atoms with van der Waals surface area (Å²) in [6, 6.07) is 3.54. The van der Waals surface area contributed by atoms with Crippen LogP contribution in [0.2, 0.25) is 5.02 Å². The highest BCUT2D eigenvalue weighted by atomic mass is 35.5. The van der Waals surface area contributed by atoms with Crippen LogP contribution in [0.4, 0.5) is 0 Å². The number of hydrogen-bond acceptors (Lipinski definition) is 4. The Hall–Kier alpha value is -1.13. The zero-order chi connectivity index (χ0) is 11.0. The number of epoxide rings is 1. The Bertz CT molecular complexity index is 403. The molecule has 1 aromatic rings. The molecule has 4 nitrogen and oxygen atoms in total. The van der Waals surface area contributed by atoms with Gasteiger partial charge in [0.05, 0.1) is 11.6 Å². The number of ether oxygens (including phenoxy) is 4. The fraction of sp³-hybridized carbons (Fsp3) is 0.455. The maximum absolute atomic E-state index is 6.06. The van der Waals surface area contributed by atoms with Crippen molar-refractivity contribution in [3.05, 3.63) is 17.2 Å². The van der Waals surface area contributed by atoms with Crippen LogP contribution in [0.1, 0.15) is 0 Å². The number of benzene rings is 1. The lowest BCUT2D eigenvalue weighted by molar-refractivity contribution is 0.160. The van der Waals surface area contributed by atoms with E-state index < -0.39 is 0 Å². The predicted molar refractivity (Wildman–Crippen MR) is 57.7 cm³/mol. The molecular weight excluding hydrogens is 232 g/mol. The van der Waals surface area contributed by atoms with Crippen LogP contribution in [0, 0.1) is 0 Å². The summed E-state index contributed by atoms with van der Waals surface area (Å²) in [4.78, 5) is 0. The van der Waals surface area contributed by atoms with Crippen molar-refractivity contribution in [1.82, 2.24) is 0 Å². The third-order valence-corrected chi connectivity index (χ3v) is 2.73. The van der Waals surface area contributed by atoms with Crippen LogP contribution in [-0.2, 0) is 4.74 Å². The summed E-state index contributed by atoms with van der Waals surface area (Å²) >= 11 is 6.06. The largest absolute Gasteiger partial charge is 0.486 e. The zero-order valence-electron chi connectivity index (χ0n) is 8.57. The zero-order valence-corrected chi connectivity index (χ0v) is 9.33. The van der Waals surface area contributed by atoms with Gasteiger partial charge in [-0.15, -0.1) is 0 Å². The first-order valence-corrected chi connectivity index (χ1v) is 5.55. The summed E-state index contributed by atoms with van der Waals surface area (Å²) in [5.41, 5.74) is 0. The quantitative estimate of drug-likeness (QED) is 0.759. The van der Waals surface area contributed by atoms with Gasteiger partial charge in [0, 0.05) is 0 Å². The lowest BCUT2D eigenvalue weighted by Gasteiger charge is -2.21. The molecule has 0 aliphatic carbocycles. The summed E-state index contributed by atoms with van der Waals surface area (Å²) in [7, 11) is 0. The van der Waals surface area contributed by atoms with Gasteiger partial charge in [-0.1, -0.05) is 11.6 Å². The van der Waals surface area contributed by atoms with Crippen LogP contribution >= 0.6 is 11.6 Å². The Balaban J connectivity index is 1.87. The summed E-state index contributed by atoms with van der Waals surface area (Å²) < 4.78 is 21.6. The van der Waals surface area contributed by atoms with Gasteiger partial charge in [-0.3, -0.25) is 0 Å². The highest BCUT2D eigenvalue weighted by Gasteiger charge is 2.26. The van der Waals surface area contributed by atoms with Crippen LogP contribution in [-0.4, -0.2) is 32.5 Å². The maximum atomic E-state index is 6.06. The average Bonchev–Trinajstić information content (AvgIpc) is 3.12. The van der Waals surface area contributed by atoms with E-state index in [1.165, 1.54) is 0 Å². The minimum atomic E-state index is 0.191. The van der Waals surface area contributed by atoms with E-state index in [9.17, 15) is 0 Å². The summed E-state index contributed by atoms with van der Waals surface area (Å²) in [5.74, 6) is 1.83. The molecule has 5 heteroatoms. The Morgan fingerprint density at radius 2 is 2.12 bits per heavy atom. The topological polar surface area (TPSA) is 40.2 Å². The minimum Gasteiger partial charge on any atom is -0.486 e. The van der Waals surface area contributed by atoms with Crippen LogP contribution in [0.3, 0.4) is 0 Å². The Kier molecular flexibility index (Phi) is 2.53. The van der Waals surface area contributed by atoms with E-state index in [-0.39, 0.29) is 6.10 Å². The molecule has 2 heterocycles. The average molecular weight is 243 g/mol. The van der Waals surface area contributed by atoms with Gasteiger partial charge in [-0.2, -0.15) is 0 Å². The number of fused-ring (bicyclic) bond motifs is 1. The minimum absolute atomic E-state index is 0.191. The van der Waals surface area contributed by atoms with Crippen LogP contribution in [0.5, 0.6) is 17.2 Å². The van der Waals surface area contributed by atoms with Gasteiger partial charge in [0.1, 0.15) is 25.9 Å². The molecule has 1 atom stereocenters. The van der Waals surface area contributed by atoms with Crippen molar-refractivity contribution in [1.29, 1.82) is 0 Å². The molecule has 0 radical (unpaired) electrons. The summed E-state index contributed by atoms with van der Waals surface area (Å²) in [5, 5.41) is 0.532. The third kappa shape index (κ3) is 1.90. The van der Waals surface area contributed by atoms with E-state index in [0.717, 1.165) is 6.61 Å². The molecule has 1 fully saturated rings. The molecule has 3 rings (SSSR count). The molecule has 1 aromatic carbocycles. The van der Waals surface area contributed by atoms with Crippen molar-refractivity contribution < 1.29 is 18.9 Å². The Labute approximate surface area is 98.0 Å². The van der Waals surface area contributed by atoms with Crippen molar-refractivity contribution in [2.45, 2.75) is 6.10 Å². The van der Waals surface area contributed by atoms with E-state index in [0.29, 0.717) is 42.1 Å². The smallest absolute Gasteiger partial charge is 0.205 e. The summed E-state index contributed by atoms with van der Waals surface area (Å²) in [6.07, 6.45) is 0.191. The molecule has 0 amide bonds. The van der Waals surface area contributed by atoms with E-state index >= 15 is 0 Å². The second-order valence-corrected chi connectivity index (χ2v) is 4.07. The van der Waals surface area contributed by atoms with Gasteiger partial charge < -0.3 is 18.9 Å². The fourth-order valence-electron chi connectivity index (χ4n) is 1.54. The highest BCUT2D eigenvalue weighted by molar-refractivity contribution is 6.32. The van der Waals surface area contributed by atoms with Crippen molar-refractivity contribution >= 4 is 11.6 Å². The second-order valence-electron chi connectivity index (χ2n) is 3.67. The standard InChI is InChI=1S/C11H11ClO4/c12-8-1-2-9-11(14-4-3-13-9)10(8)16-6-7-5-15-7/h1-2,7H,3-6H2. The van der Waals surface area contributed by atoms with Crippen molar-refractivity contribution in [3.63, 3.8) is 0 Å². The number of halogens is 1. The molecular formula is C11H11ClO4. The van der Waals surface area contributed by atoms with Crippen molar-refractivity contribution in [3.8, 4) is 17.2 Å². The lowest BCUT2D eigenvalue weighted by atomic mass is 10.2. The van der Waals surface area contributed by atoms with Gasteiger partial charge in [0.2, 0.25) is 5.75 Å². The van der Waals surface area contributed by atoms with E-state index in [1.807, 2.05) is 0 Å². The molecule has 2 aliphatic rings. The molecule has 1 saturated heterocycles. The molecule has 0 bridgehead atoms. The second kappa shape index (κ2) is 4.03. The lowest BCUT2D eigenvalue weighted by Crippen LogP contribution is -2.17. The van der Waals surface area contributed by atoms with Gasteiger partial charge in [-0.25, -0.2) is 0 Å². The van der Waals surface area contributed by atoms with Gasteiger partial charge in [0.15, 0.2) is 11.5 Å². The van der Waals surface area contributed by atoms with Crippen LogP contribution < -0.4 is 14.2 Å². The van der Waals surface area contributed by atoms with Gasteiger partial charge in [0.25, 0.3) is 0 Å². The highest BCUT2D eigenvalue weighted by Crippen LogP contribution is 2.44. The predicted octanol–water partition coefficient (Wildman–Crippen LogP) is 1.89. The molecule has 16 heavy (non-hydrogen) atoms. The Morgan fingerprint density at radius 3 is 2.94 bits per heavy atom. The fourth-order valence-corrected chi connectivity index (χ4v) is 1.74. The molecule has 1 unspecified atom stereocenters. The first-order valence-electron chi connectivity index (χ1n) is 5.17. The molecule has 2 aliphatic heterocycles. The monoisotopic (exact) mass is 242 g/mol.